The lowest BCUT2D eigenvalue weighted by atomic mass is 10.3. The average molecular weight is 325 g/mol. The van der Waals surface area contributed by atoms with E-state index >= 15 is 0 Å². The molecule has 3 nitrogen and oxygen atoms in total. The minimum Gasteiger partial charge on any atom is -0.490 e. The fourth-order valence-electron chi connectivity index (χ4n) is 1.52. The molecule has 1 heterocycles. The van der Waals surface area contributed by atoms with Gasteiger partial charge in [0.25, 0.3) is 0 Å². The normalized spacial score (nSPS) is 20.3. The molecular weight excluding hydrogens is 312 g/mol. The van der Waals surface area contributed by atoms with Crippen LogP contribution in [0.2, 0.25) is 5.02 Å². The summed E-state index contributed by atoms with van der Waals surface area (Å²) in [5.74, 6) is -0.0615. The van der Waals surface area contributed by atoms with E-state index in [1.807, 2.05) is 0 Å². The van der Waals surface area contributed by atoms with Crippen molar-refractivity contribution in [2.45, 2.75) is 6.10 Å². The van der Waals surface area contributed by atoms with Gasteiger partial charge in [0.2, 0.25) is 0 Å². The van der Waals surface area contributed by atoms with Gasteiger partial charge in [0.15, 0.2) is 0 Å². The summed E-state index contributed by atoms with van der Waals surface area (Å²) in [6.07, 6.45) is -0.00520. The smallest absolute Gasteiger partial charge is 0.145 e. The predicted molar refractivity (Wildman–Crippen MR) is 67.2 cm³/mol. The molecule has 6 heteroatoms. The number of ether oxygens (including phenoxy) is 2. The number of morpholine rings is 1. The molecule has 0 aromatic heterocycles. The molecule has 2 rings (SSSR count). The summed E-state index contributed by atoms with van der Waals surface area (Å²) in [6, 6.07) is 2.74. The van der Waals surface area contributed by atoms with E-state index in [2.05, 4.69) is 21.2 Å². The maximum absolute atomic E-state index is 13.2. The Balaban J connectivity index is 1.96. The minimum atomic E-state index is -0.493. The highest BCUT2D eigenvalue weighted by atomic mass is 79.9. The second kappa shape index (κ2) is 6.00. The van der Waals surface area contributed by atoms with Gasteiger partial charge in [0.05, 0.1) is 16.1 Å². The Bertz CT molecular complexity index is 399. The van der Waals surface area contributed by atoms with Gasteiger partial charge in [0, 0.05) is 19.2 Å². The highest BCUT2D eigenvalue weighted by molar-refractivity contribution is 9.10. The molecule has 1 aromatic rings. The largest absolute Gasteiger partial charge is 0.490 e. The molecule has 1 N–H and O–H groups in total. The molecule has 0 radical (unpaired) electrons. The van der Waals surface area contributed by atoms with Crippen LogP contribution < -0.4 is 10.1 Å². The molecule has 94 valence electrons. The van der Waals surface area contributed by atoms with Gasteiger partial charge in [-0.15, -0.1) is 0 Å². The number of halogens is 3. The third-order valence-electron chi connectivity index (χ3n) is 2.40. The second-order valence-corrected chi connectivity index (χ2v) is 4.97. The van der Waals surface area contributed by atoms with Crippen molar-refractivity contribution in [2.75, 3.05) is 26.3 Å². The van der Waals surface area contributed by atoms with Crippen LogP contribution in [0.4, 0.5) is 4.39 Å². The molecule has 0 amide bonds. The maximum Gasteiger partial charge on any atom is 0.145 e. The maximum atomic E-state index is 13.2. The minimum absolute atomic E-state index is 0.00520. The fraction of sp³-hybridized carbons (Fsp3) is 0.455. The first kappa shape index (κ1) is 13.1. The Labute approximate surface area is 112 Å². The Kier molecular flexibility index (Phi) is 4.62. The lowest BCUT2D eigenvalue weighted by Crippen LogP contribution is -2.41. The second-order valence-electron chi connectivity index (χ2n) is 3.70. The van der Waals surface area contributed by atoms with Crippen LogP contribution in [0.15, 0.2) is 16.6 Å². The predicted octanol–water partition coefficient (Wildman–Crippen LogP) is 2.61. The Hall–Kier alpha value is -0.360. The molecule has 1 atom stereocenters. The van der Waals surface area contributed by atoms with Gasteiger partial charge >= 0.3 is 0 Å². The first-order chi connectivity index (χ1) is 8.16. The average Bonchev–Trinajstić information content (AvgIpc) is 2.33. The van der Waals surface area contributed by atoms with Crippen LogP contribution in [0.25, 0.3) is 0 Å². The van der Waals surface area contributed by atoms with Crippen LogP contribution >= 0.6 is 27.5 Å². The number of rotatable bonds is 3. The highest BCUT2D eigenvalue weighted by Crippen LogP contribution is 2.30. The van der Waals surface area contributed by atoms with Crippen LogP contribution in [0, 0.1) is 5.82 Å². The van der Waals surface area contributed by atoms with Crippen LogP contribution in [0.3, 0.4) is 0 Å². The van der Waals surface area contributed by atoms with Gasteiger partial charge in [-0.05, 0) is 22.0 Å². The fourth-order valence-corrected chi connectivity index (χ4v) is 2.28. The molecule has 1 aliphatic rings. The van der Waals surface area contributed by atoms with Gasteiger partial charge < -0.3 is 14.8 Å². The Morgan fingerprint density at radius 1 is 1.59 bits per heavy atom. The number of benzene rings is 1. The van der Waals surface area contributed by atoms with Crippen LogP contribution in [0.1, 0.15) is 0 Å². The third-order valence-corrected chi connectivity index (χ3v) is 3.31. The van der Waals surface area contributed by atoms with E-state index in [-0.39, 0.29) is 11.1 Å². The van der Waals surface area contributed by atoms with E-state index in [0.29, 0.717) is 23.4 Å². The van der Waals surface area contributed by atoms with E-state index in [1.165, 1.54) is 12.1 Å². The highest BCUT2D eigenvalue weighted by Gasteiger charge is 2.15. The lowest BCUT2D eigenvalue weighted by molar-refractivity contribution is -0.0000154. The molecule has 0 saturated carbocycles. The Morgan fingerprint density at radius 2 is 2.41 bits per heavy atom. The van der Waals surface area contributed by atoms with Gasteiger partial charge in [-0.25, -0.2) is 4.39 Å². The first-order valence-electron chi connectivity index (χ1n) is 5.26. The molecule has 17 heavy (non-hydrogen) atoms. The first-order valence-corrected chi connectivity index (χ1v) is 6.43. The monoisotopic (exact) mass is 323 g/mol. The molecule has 0 spiro atoms. The van der Waals surface area contributed by atoms with E-state index < -0.39 is 5.82 Å². The summed E-state index contributed by atoms with van der Waals surface area (Å²) in [7, 11) is 0. The zero-order chi connectivity index (χ0) is 12.3. The molecule has 0 aliphatic carbocycles. The van der Waals surface area contributed by atoms with Crippen molar-refractivity contribution in [3.05, 3.63) is 27.4 Å². The van der Waals surface area contributed by atoms with Crippen molar-refractivity contribution in [2.24, 2.45) is 0 Å². The van der Waals surface area contributed by atoms with Crippen LogP contribution in [0.5, 0.6) is 5.75 Å². The molecule has 1 aliphatic heterocycles. The van der Waals surface area contributed by atoms with Crippen molar-refractivity contribution in [1.82, 2.24) is 5.32 Å². The van der Waals surface area contributed by atoms with E-state index in [0.717, 1.165) is 13.1 Å². The van der Waals surface area contributed by atoms with Gasteiger partial charge in [-0.3, -0.25) is 0 Å². The van der Waals surface area contributed by atoms with Crippen molar-refractivity contribution >= 4 is 27.5 Å². The summed E-state index contributed by atoms with van der Waals surface area (Å²) in [6.45, 7) is 2.65. The van der Waals surface area contributed by atoms with E-state index in [9.17, 15) is 4.39 Å². The molecule has 1 saturated heterocycles. The zero-order valence-corrected chi connectivity index (χ0v) is 11.4. The topological polar surface area (TPSA) is 30.5 Å². The summed E-state index contributed by atoms with van der Waals surface area (Å²) >= 11 is 8.91. The van der Waals surface area contributed by atoms with Crippen molar-refractivity contribution in [1.29, 1.82) is 0 Å². The number of nitrogens with one attached hydrogen (secondary N) is 1. The van der Waals surface area contributed by atoms with E-state index in [4.69, 9.17) is 21.1 Å². The quantitative estimate of drug-likeness (QED) is 0.867. The summed E-state index contributed by atoms with van der Waals surface area (Å²) < 4.78 is 24.9. The van der Waals surface area contributed by atoms with Crippen molar-refractivity contribution < 1.29 is 13.9 Å². The van der Waals surface area contributed by atoms with Crippen LogP contribution in [-0.2, 0) is 4.74 Å². The lowest BCUT2D eigenvalue weighted by Gasteiger charge is -2.23. The van der Waals surface area contributed by atoms with Crippen molar-refractivity contribution in [3.8, 4) is 5.75 Å². The molecular formula is C11H12BrClFNO2. The van der Waals surface area contributed by atoms with Gasteiger partial charge in [-0.1, -0.05) is 11.6 Å². The van der Waals surface area contributed by atoms with Gasteiger partial charge in [-0.2, -0.15) is 0 Å². The van der Waals surface area contributed by atoms with Crippen LogP contribution in [-0.4, -0.2) is 32.4 Å². The number of hydrogen-bond acceptors (Lipinski definition) is 3. The Morgan fingerprint density at radius 3 is 3.12 bits per heavy atom. The van der Waals surface area contributed by atoms with Crippen molar-refractivity contribution in [3.63, 3.8) is 0 Å². The molecule has 1 aromatic carbocycles. The molecule has 0 bridgehead atoms. The SMILES string of the molecule is Fc1cc(OCC2CNCCO2)c(Br)cc1Cl. The number of hydrogen-bond donors (Lipinski definition) is 1. The van der Waals surface area contributed by atoms with Gasteiger partial charge in [0.1, 0.15) is 24.3 Å². The molecule has 1 fully saturated rings. The zero-order valence-electron chi connectivity index (χ0n) is 9.01. The molecule has 1 unspecified atom stereocenters. The summed E-state index contributed by atoms with van der Waals surface area (Å²) in [5.41, 5.74) is 0. The summed E-state index contributed by atoms with van der Waals surface area (Å²) in [4.78, 5) is 0. The third kappa shape index (κ3) is 3.55. The van der Waals surface area contributed by atoms with E-state index in [1.54, 1.807) is 0 Å². The summed E-state index contributed by atoms with van der Waals surface area (Å²) in [5, 5.41) is 3.26. The standard InChI is InChI=1S/C11H12BrClFNO2/c12-8-3-9(13)10(14)4-11(8)17-6-7-5-15-1-2-16-7/h3-4,7,15H,1-2,5-6H2.